The van der Waals surface area contributed by atoms with Gasteiger partial charge in [0.25, 0.3) is 0 Å². The molecule has 0 aliphatic heterocycles. The minimum absolute atomic E-state index is 0.210. The second kappa shape index (κ2) is 9.21. The van der Waals surface area contributed by atoms with Crippen molar-refractivity contribution in [3.63, 3.8) is 0 Å². The fourth-order valence-corrected chi connectivity index (χ4v) is 5.05. The maximum absolute atomic E-state index is 13.0. The number of carbonyl (C=O) groups excluding carboxylic acids is 1. The summed E-state index contributed by atoms with van der Waals surface area (Å²) in [6.45, 7) is 2.06. The monoisotopic (exact) mass is 464 g/mol. The van der Waals surface area contributed by atoms with E-state index in [9.17, 15) is 23.1 Å². The van der Waals surface area contributed by atoms with Gasteiger partial charge >= 0.3 is 6.18 Å². The van der Waals surface area contributed by atoms with Gasteiger partial charge in [0.05, 0.1) is 17.4 Å². The number of phenolic OH excluding ortho intramolecular Hbond substituents is 1. The third-order valence-electron chi connectivity index (χ3n) is 6.96. The van der Waals surface area contributed by atoms with E-state index in [1.807, 2.05) is 31.1 Å². The third kappa shape index (κ3) is 5.08. The Bertz CT molecular complexity index is 986. The van der Waals surface area contributed by atoms with Gasteiger partial charge in [-0.15, -0.1) is 0 Å². The summed E-state index contributed by atoms with van der Waals surface area (Å²) in [5.74, 6) is 0.210. The van der Waals surface area contributed by atoms with Gasteiger partial charge < -0.3 is 15.3 Å². The molecule has 1 heterocycles. The number of aryl methyl sites for hydroxylation is 1. The molecule has 1 fully saturated rings. The molecule has 0 atom stereocenters. The standard InChI is InChI=1S/C24H31F3N4O2/c1-17-12-21(24(25,26)27)28-14-20(17)31(4)15-22(29-16-32)8-10-23(11-9-22,30(2)3)18-6-5-7-19(33)13-18/h5-7,12-14,16,33H,8-11,15H2,1-4H3,(H,29,32). The fraction of sp³-hybridized carbons (Fsp3) is 0.500. The maximum atomic E-state index is 13.0. The summed E-state index contributed by atoms with van der Waals surface area (Å²) in [5, 5.41) is 13.0. The summed E-state index contributed by atoms with van der Waals surface area (Å²) >= 11 is 0. The molecule has 1 aromatic heterocycles. The normalized spacial score (nSPS) is 23.4. The Morgan fingerprint density at radius 2 is 1.82 bits per heavy atom. The van der Waals surface area contributed by atoms with Crippen LogP contribution in [0.5, 0.6) is 5.75 Å². The molecular formula is C24H31F3N4O2. The molecule has 9 heteroatoms. The molecule has 0 spiro atoms. The molecule has 3 rings (SSSR count). The summed E-state index contributed by atoms with van der Waals surface area (Å²) in [6, 6.07) is 8.30. The first-order valence-corrected chi connectivity index (χ1v) is 10.9. The topological polar surface area (TPSA) is 68.7 Å². The van der Waals surface area contributed by atoms with E-state index in [1.54, 1.807) is 26.1 Å². The predicted octanol–water partition coefficient (Wildman–Crippen LogP) is 4.07. The number of pyridine rings is 1. The van der Waals surface area contributed by atoms with E-state index in [0.29, 0.717) is 37.0 Å². The Morgan fingerprint density at radius 1 is 1.15 bits per heavy atom. The number of benzene rings is 1. The van der Waals surface area contributed by atoms with Crippen molar-refractivity contribution in [1.29, 1.82) is 0 Å². The molecule has 0 bridgehead atoms. The van der Waals surface area contributed by atoms with Gasteiger partial charge in [-0.2, -0.15) is 13.2 Å². The lowest BCUT2D eigenvalue weighted by atomic mass is 9.68. The summed E-state index contributed by atoms with van der Waals surface area (Å²) in [7, 11) is 5.82. The molecule has 1 aliphatic carbocycles. The van der Waals surface area contributed by atoms with Crippen LogP contribution in [-0.4, -0.2) is 54.6 Å². The second-order valence-electron chi connectivity index (χ2n) is 9.23. The van der Waals surface area contributed by atoms with Crippen molar-refractivity contribution in [3.8, 4) is 5.75 Å². The lowest BCUT2D eigenvalue weighted by Gasteiger charge is -2.51. The third-order valence-corrected chi connectivity index (χ3v) is 6.96. The molecule has 0 unspecified atom stereocenters. The lowest BCUT2D eigenvalue weighted by Crippen LogP contribution is -2.58. The van der Waals surface area contributed by atoms with Crippen molar-refractivity contribution in [2.24, 2.45) is 0 Å². The molecule has 2 aromatic rings. The molecule has 1 saturated carbocycles. The van der Waals surface area contributed by atoms with Crippen LogP contribution in [0.25, 0.3) is 0 Å². The lowest BCUT2D eigenvalue weighted by molar-refractivity contribution is -0.141. The van der Waals surface area contributed by atoms with E-state index in [2.05, 4.69) is 15.2 Å². The Labute approximate surface area is 192 Å². The van der Waals surface area contributed by atoms with Crippen LogP contribution in [-0.2, 0) is 16.5 Å². The SMILES string of the molecule is Cc1cc(C(F)(F)F)ncc1N(C)CC1(NC=O)CCC(c2cccc(O)c2)(N(C)C)CC1. The molecular weight excluding hydrogens is 433 g/mol. The Morgan fingerprint density at radius 3 is 2.33 bits per heavy atom. The average Bonchev–Trinajstić information content (AvgIpc) is 2.73. The number of aromatic nitrogens is 1. The van der Waals surface area contributed by atoms with Crippen molar-refractivity contribution in [3.05, 3.63) is 53.3 Å². The predicted molar refractivity (Wildman–Crippen MR) is 121 cm³/mol. The van der Waals surface area contributed by atoms with E-state index in [-0.39, 0.29) is 11.3 Å². The van der Waals surface area contributed by atoms with Crippen LogP contribution in [0.2, 0.25) is 0 Å². The largest absolute Gasteiger partial charge is 0.508 e. The highest BCUT2D eigenvalue weighted by molar-refractivity contribution is 5.53. The quantitative estimate of drug-likeness (QED) is 0.605. The zero-order valence-corrected chi connectivity index (χ0v) is 19.4. The number of nitrogens with zero attached hydrogens (tertiary/aromatic N) is 3. The van der Waals surface area contributed by atoms with Gasteiger partial charge in [-0.1, -0.05) is 12.1 Å². The van der Waals surface area contributed by atoms with E-state index >= 15 is 0 Å². The minimum Gasteiger partial charge on any atom is -0.508 e. The molecule has 2 N–H and O–H groups in total. The van der Waals surface area contributed by atoms with Crippen molar-refractivity contribution < 1.29 is 23.1 Å². The number of hydrogen-bond acceptors (Lipinski definition) is 5. The summed E-state index contributed by atoms with van der Waals surface area (Å²) in [5.41, 5.74) is 0.326. The number of alkyl halides is 3. The number of carbonyl (C=O) groups is 1. The second-order valence-corrected chi connectivity index (χ2v) is 9.23. The molecule has 1 aromatic carbocycles. The fourth-order valence-electron chi connectivity index (χ4n) is 5.05. The number of rotatable bonds is 7. The zero-order valence-electron chi connectivity index (χ0n) is 19.4. The molecule has 1 aliphatic rings. The van der Waals surface area contributed by atoms with Crippen LogP contribution in [0.15, 0.2) is 36.5 Å². The van der Waals surface area contributed by atoms with E-state index < -0.39 is 17.4 Å². The van der Waals surface area contributed by atoms with Gasteiger partial charge in [0, 0.05) is 19.1 Å². The highest BCUT2D eigenvalue weighted by Crippen LogP contribution is 2.45. The molecule has 33 heavy (non-hydrogen) atoms. The summed E-state index contributed by atoms with van der Waals surface area (Å²) < 4.78 is 39.0. The van der Waals surface area contributed by atoms with Crippen molar-refractivity contribution >= 4 is 12.1 Å². The van der Waals surface area contributed by atoms with Gasteiger partial charge in [-0.25, -0.2) is 4.98 Å². The Hall–Kier alpha value is -2.81. The van der Waals surface area contributed by atoms with Crippen LogP contribution >= 0.6 is 0 Å². The van der Waals surface area contributed by atoms with Gasteiger partial charge in [0.1, 0.15) is 11.4 Å². The van der Waals surface area contributed by atoms with Gasteiger partial charge in [-0.3, -0.25) is 9.69 Å². The molecule has 0 saturated heterocycles. The van der Waals surface area contributed by atoms with Crippen LogP contribution in [0, 0.1) is 6.92 Å². The molecule has 0 radical (unpaired) electrons. The van der Waals surface area contributed by atoms with Crippen molar-refractivity contribution in [1.82, 2.24) is 15.2 Å². The first-order chi connectivity index (χ1) is 15.4. The first kappa shape index (κ1) is 24.8. The summed E-state index contributed by atoms with van der Waals surface area (Å²) in [6.07, 6.45) is 0.251. The number of aromatic hydroxyl groups is 1. The van der Waals surface area contributed by atoms with Gasteiger partial charge in [-0.05, 0) is 76.0 Å². The highest BCUT2D eigenvalue weighted by Gasteiger charge is 2.45. The smallest absolute Gasteiger partial charge is 0.433 e. The average molecular weight is 465 g/mol. The Kier molecular flexibility index (Phi) is 6.93. The van der Waals surface area contributed by atoms with Crippen LogP contribution in [0.1, 0.15) is 42.5 Å². The number of amides is 1. The van der Waals surface area contributed by atoms with E-state index in [0.717, 1.165) is 24.5 Å². The van der Waals surface area contributed by atoms with E-state index in [1.165, 1.54) is 6.20 Å². The number of nitrogens with one attached hydrogen (secondary N) is 1. The number of hydrogen-bond donors (Lipinski definition) is 2. The van der Waals surface area contributed by atoms with Crippen LogP contribution in [0.4, 0.5) is 18.9 Å². The number of anilines is 1. The minimum atomic E-state index is -4.49. The summed E-state index contributed by atoms with van der Waals surface area (Å²) in [4.78, 5) is 19.1. The zero-order chi connectivity index (χ0) is 24.4. The number of halogens is 3. The van der Waals surface area contributed by atoms with Crippen molar-refractivity contribution in [2.45, 2.75) is 49.9 Å². The maximum Gasteiger partial charge on any atom is 0.433 e. The van der Waals surface area contributed by atoms with Gasteiger partial charge in [0.15, 0.2) is 0 Å². The molecule has 1 amide bonds. The first-order valence-electron chi connectivity index (χ1n) is 10.9. The van der Waals surface area contributed by atoms with E-state index in [4.69, 9.17) is 0 Å². The van der Waals surface area contributed by atoms with Crippen LogP contribution in [0.3, 0.4) is 0 Å². The number of phenols is 1. The Balaban J connectivity index is 1.84. The van der Waals surface area contributed by atoms with Crippen molar-refractivity contribution in [2.75, 3.05) is 32.6 Å². The van der Waals surface area contributed by atoms with Crippen LogP contribution < -0.4 is 10.2 Å². The highest BCUT2D eigenvalue weighted by atomic mass is 19.4. The van der Waals surface area contributed by atoms with Gasteiger partial charge in [0.2, 0.25) is 6.41 Å². The molecule has 180 valence electrons. The number of likely N-dealkylation sites (N-methyl/N-ethyl adjacent to an activating group) is 1. The molecule has 6 nitrogen and oxygen atoms in total.